The van der Waals surface area contributed by atoms with Gasteiger partial charge in [0.25, 0.3) is 0 Å². The third kappa shape index (κ3) is 21.7. The Labute approximate surface area is 502 Å². The molecule has 87 heavy (non-hydrogen) atoms. The van der Waals surface area contributed by atoms with Crippen LogP contribution in [0.4, 0.5) is 0 Å². The van der Waals surface area contributed by atoms with Gasteiger partial charge in [-0.3, -0.25) is 48.1 Å². The summed E-state index contributed by atoms with van der Waals surface area (Å²) in [7, 11) is 0. The molecule has 30 nitrogen and oxygen atoms in total. The average molecular weight is 1210 g/mol. The molecule has 5 rings (SSSR count). The number of phenols is 1. The number of nitrogens with two attached hydrogens (primary N) is 5. The first-order chi connectivity index (χ1) is 41.5. The number of aliphatic carboxylic acids is 1. The molecule has 22 N–H and O–H groups in total. The minimum atomic E-state index is -1.79. The summed E-state index contributed by atoms with van der Waals surface area (Å²) in [4.78, 5) is 153. The highest BCUT2D eigenvalue weighted by Crippen LogP contribution is 2.22. The van der Waals surface area contributed by atoms with Crippen LogP contribution >= 0.6 is 0 Å². The number of carbonyl (C=O) groups is 10. The topological polar surface area (TPSA) is 506 Å². The molecule has 2 aromatic carbocycles. The second kappa shape index (κ2) is 34.1. The molecule has 9 atom stereocenters. The molecule has 1 saturated heterocycles. The Bertz CT molecular complexity index is 3010. The molecule has 9 amide bonds. The maximum absolute atomic E-state index is 14.7. The number of primary amides is 1. The number of carboxylic acids is 1. The Morgan fingerprint density at radius 3 is 1.89 bits per heavy atom. The van der Waals surface area contributed by atoms with Crippen molar-refractivity contribution in [1.29, 1.82) is 0 Å². The van der Waals surface area contributed by atoms with Crippen LogP contribution in [-0.4, -0.2) is 181 Å². The summed E-state index contributed by atoms with van der Waals surface area (Å²) in [5.74, 6) is -9.32. The van der Waals surface area contributed by atoms with Crippen LogP contribution in [0.3, 0.4) is 0 Å². The van der Waals surface area contributed by atoms with Crippen LogP contribution in [0.5, 0.6) is 5.75 Å². The second-order valence-electron chi connectivity index (χ2n) is 21.8. The van der Waals surface area contributed by atoms with Crippen molar-refractivity contribution in [2.75, 3.05) is 26.2 Å². The molecular weight excluding hydrogens is 1130 g/mol. The SMILES string of the molecule is CC(C)C[C@H](NC(=O)[C@@H](CCCCN)NC(=O)[C@H](Cc1ccc(O)cc1)NC(=O)[C@H](CO)NC(=O)[C@H](Cc1c[nH]c2ccccc12)NC(=O)[C@H](Cc1cnc[nH]1)NC(=O)[C@@H](N)CCC(N)=O)C(=O)N[C@@H](CCCN=C(N)N)C(=O)N1CCC[C@H]1C(=O)O. The third-order valence-corrected chi connectivity index (χ3v) is 14.5. The van der Waals surface area contributed by atoms with E-state index in [0.717, 1.165) is 0 Å². The summed E-state index contributed by atoms with van der Waals surface area (Å²) in [6.45, 7) is 3.00. The number of imidazole rings is 1. The number of aromatic amines is 2. The van der Waals surface area contributed by atoms with E-state index in [1.54, 1.807) is 44.3 Å². The van der Waals surface area contributed by atoms with Gasteiger partial charge in [-0.2, -0.15) is 0 Å². The number of aromatic hydroxyl groups is 1. The molecule has 474 valence electrons. The van der Waals surface area contributed by atoms with Crippen LogP contribution < -0.4 is 65.9 Å². The van der Waals surface area contributed by atoms with E-state index < -0.39 is 120 Å². The minimum Gasteiger partial charge on any atom is -0.508 e. The highest BCUT2D eigenvalue weighted by atomic mass is 16.4. The standard InChI is InChI=1S/C57H83N17O13/c1-31(2)23-41(50(80)68-40(12-7-21-64-57(61)62)55(85)74-22-8-13-46(74)56(86)87)70-49(79)39(11-5-6-20-58)67-51(81)42(24-32-14-16-35(76)17-15-32)71-54(84)45(29-75)73-52(82)43(25-33-27-65-38-10-4-3-9-36(33)38)72-53(83)44(26-34-28-63-30-66-34)69-48(78)37(59)18-19-47(60)77/h3-4,9-10,14-17,27-28,30-31,37,39-46,65,75-76H,5-8,11-13,18-26,29,58-59H2,1-2H3,(H2,60,77)(H,63,66)(H,67,81)(H,68,80)(H,69,78)(H,70,79)(H,71,84)(H,72,83)(H,73,82)(H,86,87)(H4,61,62,64)/t37-,39+,40-,41-,42-,43-,44-,45-,46-/m0/s1. The van der Waals surface area contributed by atoms with Gasteiger partial charge in [0, 0.05) is 67.8 Å². The highest BCUT2D eigenvalue weighted by Gasteiger charge is 2.39. The van der Waals surface area contributed by atoms with Gasteiger partial charge in [0.2, 0.25) is 53.2 Å². The molecule has 0 aliphatic carbocycles. The van der Waals surface area contributed by atoms with Crippen LogP contribution in [-0.2, 0) is 67.2 Å². The van der Waals surface area contributed by atoms with Gasteiger partial charge in [-0.05, 0) is 99.6 Å². The van der Waals surface area contributed by atoms with Crippen molar-refractivity contribution < 1.29 is 63.3 Å². The number of carbonyl (C=O) groups excluding carboxylic acids is 9. The maximum Gasteiger partial charge on any atom is 0.326 e. The largest absolute Gasteiger partial charge is 0.508 e. The number of aromatic nitrogens is 3. The number of likely N-dealkylation sites (tertiary alicyclic amines) is 1. The number of rotatable bonds is 36. The molecule has 3 heterocycles. The summed E-state index contributed by atoms with van der Waals surface area (Å²) in [6.07, 6.45) is 5.01. The van der Waals surface area contributed by atoms with Gasteiger partial charge >= 0.3 is 5.97 Å². The van der Waals surface area contributed by atoms with E-state index in [1.165, 1.54) is 41.7 Å². The lowest BCUT2D eigenvalue weighted by molar-refractivity contribution is -0.149. The van der Waals surface area contributed by atoms with E-state index in [0.29, 0.717) is 47.0 Å². The fourth-order valence-corrected chi connectivity index (χ4v) is 9.88. The van der Waals surface area contributed by atoms with Crippen LogP contribution in [0.25, 0.3) is 10.9 Å². The molecule has 1 aliphatic heterocycles. The van der Waals surface area contributed by atoms with Crippen molar-refractivity contribution >= 4 is 76.0 Å². The van der Waals surface area contributed by atoms with Crippen molar-refractivity contribution in [2.45, 2.75) is 152 Å². The summed E-state index contributed by atoms with van der Waals surface area (Å²) in [5.41, 5.74) is 30.2. The molecule has 30 heteroatoms. The first kappa shape index (κ1) is 68.6. The monoisotopic (exact) mass is 1210 g/mol. The van der Waals surface area contributed by atoms with Gasteiger partial charge in [0.1, 0.15) is 54.1 Å². The number of hydrogen-bond acceptors (Lipinski definition) is 16. The molecule has 2 aromatic heterocycles. The van der Waals surface area contributed by atoms with Crippen LogP contribution in [0.2, 0.25) is 0 Å². The van der Waals surface area contributed by atoms with E-state index >= 15 is 0 Å². The number of nitrogens with zero attached hydrogens (tertiary/aromatic N) is 3. The molecule has 4 aromatic rings. The zero-order chi connectivity index (χ0) is 63.7. The fourth-order valence-electron chi connectivity index (χ4n) is 9.88. The van der Waals surface area contributed by atoms with Gasteiger partial charge in [0.05, 0.1) is 19.0 Å². The van der Waals surface area contributed by atoms with Crippen LogP contribution in [0.15, 0.2) is 72.2 Å². The second-order valence-corrected chi connectivity index (χ2v) is 21.8. The molecule has 0 spiro atoms. The van der Waals surface area contributed by atoms with Gasteiger partial charge < -0.3 is 96.1 Å². The van der Waals surface area contributed by atoms with Crippen molar-refractivity contribution in [3.05, 3.63) is 84.1 Å². The summed E-state index contributed by atoms with van der Waals surface area (Å²) >= 11 is 0. The fraction of sp³-hybridized carbons (Fsp3) is 0.509. The minimum absolute atomic E-state index is 0.00859. The van der Waals surface area contributed by atoms with E-state index in [2.05, 4.69) is 57.2 Å². The first-order valence-electron chi connectivity index (χ1n) is 28.8. The van der Waals surface area contributed by atoms with Crippen molar-refractivity contribution in [1.82, 2.24) is 57.1 Å². The number of benzene rings is 2. The number of phenolic OH excluding ortho intramolecular Hbond substituents is 1. The molecular formula is C57H83N17O13. The number of guanidine groups is 1. The Morgan fingerprint density at radius 1 is 0.690 bits per heavy atom. The number of hydrogen-bond donors (Lipinski definition) is 17. The molecule has 0 bridgehead atoms. The lowest BCUT2D eigenvalue weighted by atomic mass is 10.00. The summed E-state index contributed by atoms with van der Waals surface area (Å²) < 4.78 is 0. The average Bonchev–Trinajstić information content (AvgIpc) is 4.49. The van der Waals surface area contributed by atoms with Gasteiger partial charge in [-0.25, -0.2) is 9.78 Å². The zero-order valence-corrected chi connectivity index (χ0v) is 48.8. The first-order valence-corrected chi connectivity index (χ1v) is 28.8. The number of amides is 9. The van der Waals surface area contributed by atoms with Crippen LogP contribution in [0, 0.1) is 5.92 Å². The number of fused-ring (bicyclic) bond motifs is 1. The Morgan fingerprint density at radius 2 is 1.26 bits per heavy atom. The molecule has 0 unspecified atom stereocenters. The Hall–Kier alpha value is -9.16. The molecule has 1 fully saturated rings. The lowest BCUT2D eigenvalue weighted by Gasteiger charge is -2.30. The number of aliphatic imine (C=N–C) groups is 1. The van der Waals surface area contributed by atoms with Gasteiger partial charge in [-0.1, -0.05) is 44.2 Å². The van der Waals surface area contributed by atoms with E-state index in [9.17, 15) is 63.3 Å². The van der Waals surface area contributed by atoms with E-state index in [4.69, 9.17) is 28.7 Å². The molecule has 1 aliphatic rings. The van der Waals surface area contributed by atoms with Crippen molar-refractivity contribution in [3.8, 4) is 5.75 Å². The molecule has 0 radical (unpaired) electrons. The predicted octanol–water partition coefficient (Wildman–Crippen LogP) is -3.09. The van der Waals surface area contributed by atoms with Gasteiger partial charge in [-0.15, -0.1) is 0 Å². The van der Waals surface area contributed by atoms with Crippen molar-refractivity contribution in [2.24, 2.45) is 39.6 Å². The number of para-hydroxylation sites is 1. The number of H-pyrrole nitrogens is 2. The Balaban J connectivity index is 1.40. The van der Waals surface area contributed by atoms with E-state index in [1.807, 2.05) is 0 Å². The van der Waals surface area contributed by atoms with Crippen LogP contribution in [0.1, 0.15) is 94.9 Å². The predicted molar refractivity (Wildman–Crippen MR) is 318 cm³/mol. The number of nitrogens with one attached hydrogen (secondary N) is 9. The number of aliphatic hydroxyl groups excluding tert-OH is 1. The number of aliphatic hydroxyl groups is 1. The summed E-state index contributed by atoms with van der Waals surface area (Å²) in [6, 6.07) is 0.246. The summed E-state index contributed by atoms with van der Waals surface area (Å²) in [5, 5.41) is 49.9. The smallest absolute Gasteiger partial charge is 0.326 e. The normalized spacial score (nSPS) is 15.7. The Kier molecular flexibility index (Phi) is 26.9. The number of carboxylic acid groups (broad SMARTS) is 1. The molecule has 0 saturated carbocycles. The van der Waals surface area contributed by atoms with Gasteiger partial charge in [0.15, 0.2) is 5.96 Å². The van der Waals surface area contributed by atoms with Crippen molar-refractivity contribution in [3.63, 3.8) is 0 Å². The quantitative estimate of drug-likeness (QED) is 0.0122. The maximum atomic E-state index is 14.7. The number of unbranched alkanes of at least 4 members (excludes halogenated alkanes) is 1. The lowest BCUT2D eigenvalue weighted by Crippen LogP contribution is -2.61. The zero-order valence-electron chi connectivity index (χ0n) is 48.8. The third-order valence-electron chi connectivity index (χ3n) is 14.5. The highest BCUT2D eigenvalue weighted by molar-refractivity contribution is 5.99. The van der Waals surface area contributed by atoms with E-state index in [-0.39, 0.29) is 101 Å².